The summed E-state index contributed by atoms with van der Waals surface area (Å²) in [5.41, 5.74) is 2.44. The molecule has 1 aromatic heterocycles. The number of furan rings is 1. The Morgan fingerprint density at radius 2 is 1.90 bits per heavy atom. The summed E-state index contributed by atoms with van der Waals surface area (Å²) in [6.07, 6.45) is 0.796. The van der Waals surface area contributed by atoms with E-state index in [-0.39, 0.29) is 11.7 Å². The largest absolute Gasteiger partial charge is 0.466 e. The maximum Gasteiger partial charge on any atom is 0.224 e. The van der Waals surface area contributed by atoms with Gasteiger partial charge in [-0.1, -0.05) is 18.2 Å². The normalized spacial score (nSPS) is 10.4. The van der Waals surface area contributed by atoms with Gasteiger partial charge in [-0.15, -0.1) is 0 Å². The first-order valence-electron chi connectivity index (χ1n) is 6.93. The number of para-hydroxylation sites is 1. The number of hydrogen-bond donors (Lipinski definition) is 1. The van der Waals surface area contributed by atoms with Gasteiger partial charge in [-0.3, -0.25) is 9.59 Å². The Kier molecular flexibility index (Phi) is 4.58. The highest BCUT2D eigenvalue weighted by molar-refractivity contribution is 5.95. The fourth-order valence-corrected chi connectivity index (χ4v) is 2.18. The smallest absolute Gasteiger partial charge is 0.224 e. The zero-order valence-electron chi connectivity index (χ0n) is 12.5. The Hall–Kier alpha value is -2.36. The molecule has 0 aliphatic carbocycles. The van der Waals surface area contributed by atoms with Gasteiger partial charge in [0.25, 0.3) is 0 Å². The van der Waals surface area contributed by atoms with Crippen molar-refractivity contribution in [2.75, 3.05) is 5.32 Å². The number of hydrogen-bond acceptors (Lipinski definition) is 3. The van der Waals surface area contributed by atoms with Gasteiger partial charge in [0.15, 0.2) is 5.78 Å². The molecule has 1 N–H and O–H groups in total. The zero-order valence-corrected chi connectivity index (χ0v) is 12.5. The molecule has 1 heterocycles. The Balaban J connectivity index is 1.94. The number of aryl methyl sites for hydroxylation is 3. The van der Waals surface area contributed by atoms with Crippen molar-refractivity contribution < 1.29 is 14.0 Å². The summed E-state index contributed by atoms with van der Waals surface area (Å²) in [5, 5.41) is 2.88. The number of nitrogens with one attached hydrogen (secondary N) is 1. The lowest BCUT2D eigenvalue weighted by molar-refractivity contribution is -0.116. The lowest BCUT2D eigenvalue weighted by atomic mass is 10.1. The van der Waals surface area contributed by atoms with Crippen molar-refractivity contribution in [3.05, 3.63) is 53.0 Å². The Morgan fingerprint density at radius 1 is 1.19 bits per heavy atom. The lowest BCUT2D eigenvalue weighted by Gasteiger charge is -2.07. The van der Waals surface area contributed by atoms with Gasteiger partial charge in [0.1, 0.15) is 11.5 Å². The molecule has 2 aromatic rings. The predicted molar refractivity (Wildman–Crippen MR) is 81.6 cm³/mol. The molecule has 110 valence electrons. The zero-order chi connectivity index (χ0) is 15.4. The van der Waals surface area contributed by atoms with Crippen LogP contribution in [0, 0.1) is 13.8 Å². The number of ketones is 1. The molecule has 4 heteroatoms. The molecule has 2 rings (SSSR count). The van der Waals surface area contributed by atoms with Gasteiger partial charge in [0.2, 0.25) is 5.91 Å². The van der Waals surface area contributed by atoms with Crippen molar-refractivity contribution >= 4 is 17.4 Å². The van der Waals surface area contributed by atoms with Crippen molar-refractivity contribution in [3.8, 4) is 0 Å². The molecule has 1 amide bonds. The van der Waals surface area contributed by atoms with Gasteiger partial charge in [-0.05, 0) is 38.5 Å². The van der Waals surface area contributed by atoms with Gasteiger partial charge in [-0.25, -0.2) is 0 Å². The van der Waals surface area contributed by atoms with Crippen LogP contribution < -0.4 is 5.32 Å². The molecular formula is C17H19NO3. The molecule has 0 atom stereocenters. The summed E-state index contributed by atoms with van der Waals surface area (Å²) in [5.74, 6) is 1.18. The number of carbonyl (C=O) groups excluding carboxylic acids is 2. The van der Waals surface area contributed by atoms with Crippen LogP contribution in [0.25, 0.3) is 0 Å². The van der Waals surface area contributed by atoms with E-state index in [4.69, 9.17) is 4.42 Å². The topological polar surface area (TPSA) is 59.3 Å². The number of benzene rings is 1. The van der Waals surface area contributed by atoms with E-state index in [1.807, 2.05) is 31.2 Å². The molecule has 0 aliphatic rings. The molecule has 0 unspecified atom stereocenters. The van der Waals surface area contributed by atoms with Crippen LogP contribution >= 0.6 is 0 Å². The standard InChI is InChI=1S/C17H19NO3/c1-11-6-4-5-7-16(11)18-17(20)9-8-14-10-15(12(2)19)13(3)21-14/h4-7,10H,8-9H2,1-3H3,(H,18,20). The Labute approximate surface area is 124 Å². The Morgan fingerprint density at radius 3 is 2.52 bits per heavy atom. The van der Waals surface area contributed by atoms with Crippen LogP contribution in [0.4, 0.5) is 5.69 Å². The fourth-order valence-electron chi connectivity index (χ4n) is 2.18. The molecule has 0 saturated heterocycles. The van der Waals surface area contributed by atoms with E-state index in [2.05, 4.69) is 5.32 Å². The third-order valence-electron chi connectivity index (χ3n) is 3.37. The van der Waals surface area contributed by atoms with Crippen LogP contribution in [0.3, 0.4) is 0 Å². The monoisotopic (exact) mass is 285 g/mol. The number of anilines is 1. The molecule has 0 aliphatic heterocycles. The van der Waals surface area contributed by atoms with Gasteiger partial charge >= 0.3 is 0 Å². The molecule has 0 saturated carbocycles. The van der Waals surface area contributed by atoms with E-state index < -0.39 is 0 Å². The van der Waals surface area contributed by atoms with Crippen molar-refractivity contribution in [2.24, 2.45) is 0 Å². The number of Topliss-reactive ketones (excluding diaryl/α,β-unsaturated/α-hetero) is 1. The molecule has 21 heavy (non-hydrogen) atoms. The average Bonchev–Trinajstić information content (AvgIpc) is 2.80. The second kappa shape index (κ2) is 6.39. The van der Waals surface area contributed by atoms with Crippen molar-refractivity contribution in [1.29, 1.82) is 0 Å². The quantitative estimate of drug-likeness (QED) is 0.853. The van der Waals surface area contributed by atoms with Crippen LogP contribution in [-0.4, -0.2) is 11.7 Å². The van der Waals surface area contributed by atoms with Crippen LogP contribution in [0.1, 0.15) is 40.8 Å². The van der Waals surface area contributed by atoms with E-state index >= 15 is 0 Å². The Bertz CT molecular complexity index is 670. The molecule has 0 spiro atoms. The molecule has 4 nitrogen and oxygen atoms in total. The molecule has 0 fully saturated rings. The van der Waals surface area contributed by atoms with Crippen LogP contribution in [0.5, 0.6) is 0 Å². The molecule has 0 radical (unpaired) electrons. The molecular weight excluding hydrogens is 266 g/mol. The van der Waals surface area contributed by atoms with Gasteiger partial charge in [-0.2, -0.15) is 0 Å². The minimum Gasteiger partial charge on any atom is -0.466 e. The summed E-state index contributed by atoms with van der Waals surface area (Å²) in [6.45, 7) is 5.21. The maximum atomic E-state index is 11.9. The fraction of sp³-hybridized carbons (Fsp3) is 0.294. The third kappa shape index (κ3) is 3.81. The van der Waals surface area contributed by atoms with E-state index in [1.165, 1.54) is 6.92 Å². The van der Waals surface area contributed by atoms with Crippen molar-refractivity contribution in [1.82, 2.24) is 0 Å². The summed E-state index contributed by atoms with van der Waals surface area (Å²) in [6, 6.07) is 9.36. The number of carbonyl (C=O) groups is 2. The SMILES string of the molecule is CC(=O)c1cc(CCC(=O)Nc2ccccc2C)oc1C. The lowest BCUT2D eigenvalue weighted by Crippen LogP contribution is -2.12. The predicted octanol–water partition coefficient (Wildman–Crippen LogP) is 3.67. The van der Waals surface area contributed by atoms with E-state index in [9.17, 15) is 9.59 Å². The van der Waals surface area contributed by atoms with Crippen molar-refractivity contribution in [3.63, 3.8) is 0 Å². The molecule has 0 bridgehead atoms. The van der Waals surface area contributed by atoms with Crippen LogP contribution in [0.2, 0.25) is 0 Å². The van der Waals surface area contributed by atoms with Crippen LogP contribution in [-0.2, 0) is 11.2 Å². The first-order valence-corrected chi connectivity index (χ1v) is 6.93. The third-order valence-corrected chi connectivity index (χ3v) is 3.37. The minimum absolute atomic E-state index is 0.0214. The maximum absolute atomic E-state index is 11.9. The van der Waals surface area contributed by atoms with Gasteiger partial charge in [0, 0.05) is 18.5 Å². The first-order chi connectivity index (χ1) is 9.97. The van der Waals surface area contributed by atoms with Crippen LogP contribution in [0.15, 0.2) is 34.7 Å². The average molecular weight is 285 g/mol. The van der Waals surface area contributed by atoms with E-state index in [0.29, 0.717) is 29.9 Å². The number of amides is 1. The summed E-state index contributed by atoms with van der Waals surface area (Å²) >= 11 is 0. The summed E-state index contributed by atoms with van der Waals surface area (Å²) < 4.78 is 5.50. The van der Waals surface area contributed by atoms with Crippen molar-refractivity contribution in [2.45, 2.75) is 33.6 Å². The minimum atomic E-state index is -0.0669. The highest BCUT2D eigenvalue weighted by atomic mass is 16.3. The second-order valence-corrected chi connectivity index (χ2v) is 5.10. The van der Waals surface area contributed by atoms with Gasteiger partial charge in [0.05, 0.1) is 5.56 Å². The first kappa shape index (κ1) is 15.0. The molecule has 1 aromatic carbocycles. The van der Waals surface area contributed by atoms with E-state index in [1.54, 1.807) is 13.0 Å². The summed E-state index contributed by atoms with van der Waals surface area (Å²) in [7, 11) is 0. The van der Waals surface area contributed by atoms with E-state index in [0.717, 1.165) is 11.3 Å². The number of rotatable bonds is 5. The highest BCUT2D eigenvalue weighted by Crippen LogP contribution is 2.17. The van der Waals surface area contributed by atoms with Gasteiger partial charge < -0.3 is 9.73 Å². The summed E-state index contributed by atoms with van der Waals surface area (Å²) in [4.78, 5) is 23.3. The second-order valence-electron chi connectivity index (χ2n) is 5.10. The highest BCUT2D eigenvalue weighted by Gasteiger charge is 2.12.